The molecular weight excluding hydrogens is 512 g/mol. The van der Waals surface area contributed by atoms with Gasteiger partial charge < -0.3 is 14.8 Å². The molecule has 0 spiro atoms. The van der Waals surface area contributed by atoms with E-state index in [2.05, 4.69) is 37.0 Å². The van der Waals surface area contributed by atoms with Gasteiger partial charge in [-0.1, -0.05) is 12.1 Å². The number of thiophene rings is 1. The van der Waals surface area contributed by atoms with Crippen LogP contribution in [0.3, 0.4) is 0 Å². The number of ether oxygens (including phenoxy) is 1. The fourth-order valence-electron chi connectivity index (χ4n) is 5.46. The van der Waals surface area contributed by atoms with E-state index in [1.165, 1.54) is 4.88 Å². The quantitative estimate of drug-likeness (QED) is 0.258. The SMILES string of the molecule is [O-][n+]1ccccc1CN1CCN(Cc2cc3nc(-c4cccc5[nH]ncc45)nc(N4CCOCC4)c3s2)CC1. The van der Waals surface area contributed by atoms with Crippen LogP contribution in [-0.4, -0.2) is 82.4 Å². The normalized spacial score (nSPS) is 17.4. The molecule has 5 aromatic rings. The number of hydrogen-bond acceptors (Lipinski definition) is 9. The Kier molecular flexibility index (Phi) is 6.57. The first kappa shape index (κ1) is 24.4. The molecule has 0 radical (unpaired) electrons. The summed E-state index contributed by atoms with van der Waals surface area (Å²) in [6.45, 7) is 8.44. The number of rotatable bonds is 6. The number of aromatic amines is 1. The topological polar surface area (TPSA) is 100 Å². The third-order valence-electron chi connectivity index (χ3n) is 7.58. The number of H-pyrrole nitrogens is 1. The van der Waals surface area contributed by atoms with E-state index in [1.54, 1.807) is 23.6 Å². The highest BCUT2D eigenvalue weighted by molar-refractivity contribution is 7.19. The zero-order chi connectivity index (χ0) is 26.2. The molecule has 11 heteroatoms. The maximum absolute atomic E-state index is 12.0. The molecule has 4 aromatic heterocycles. The Labute approximate surface area is 230 Å². The Morgan fingerprint density at radius 2 is 1.77 bits per heavy atom. The molecule has 1 N–H and O–H groups in total. The first-order valence-corrected chi connectivity index (χ1v) is 14.2. The molecule has 0 amide bonds. The largest absolute Gasteiger partial charge is 0.618 e. The van der Waals surface area contributed by atoms with Crippen molar-refractivity contribution < 1.29 is 9.47 Å². The third kappa shape index (κ3) is 4.94. The van der Waals surface area contributed by atoms with Crippen LogP contribution >= 0.6 is 11.3 Å². The van der Waals surface area contributed by atoms with Crippen molar-refractivity contribution in [1.29, 1.82) is 0 Å². The second-order valence-corrected chi connectivity index (χ2v) is 11.2. The minimum Gasteiger partial charge on any atom is -0.618 e. The van der Waals surface area contributed by atoms with Crippen molar-refractivity contribution in [2.24, 2.45) is 0 Å². The molecule has 0 unspecified atom stereocenters. The van der Waals surface area contributed by atoms with Crippen LogP contribution in [0, 0.1) is 5.21 Å². The van der Waals surface area contributed by atoms with Crippen LogP contribution in [0.2, 0.25) is 0 Å². The van der Waals surface area contributed by atoms with Crippen LogP contribution in [0.1, 0.15) is 10.6 Å². The second-order valence-electron chi connectivity index (χ2n) is 10.1. The highest BCUT2D eigenvalue weighted by atomic mass is 32.1. The molecule has 6 heterocycles. The standard InChI is InChI=1S/C28H30N8O2S/c37-36-7-2-1-4-20(36)18-33-8-10-34(11-9-33)19-21-16-25-26(39-21)28(35-12-14-38-15-13-35)31-27(30-25)22-5-3-6-24-23(22)17-29-32-24/h1-7,16-17H,8-15,18-19H2,(H,29,32). The molecule has 1 aromatic carbocycles. The number of pyridine rings is 1. The van der Waals surface area contributed by atoms with Gasteiger partial charge in [0.15, 0.2) is 17.8 Å². The Bertz CT molecular complexity index is 1600. The number of hydrogen-bond donors (Lipinski definition) is 1. The number of benzene rings is 1. The molecule has 2 aliphatic heterocycles. The van der Waals surface area contributed by atoms with E-state index in [1.807, 2.05) is 30.5 Å². The van der Waals surface area contributed by atoms with Gasteiger partial charge in [-0.15, -0.1) is 11.3 Å². The van der Waals surface area contributed by atoms with Crippen molar-refractivity contribution in [2.75, 3.05) is 57.4 Å². The van der Waals surface area contributed by atoms with E-state index < -0.39 is 0 Å². The molecule has 0 bridgehead atoms. The highest BCUT2D eigenvalue weighted by Crippen LogP contribution is 2.36. The van der Waals surface area contributed by atoms with Crippen molar-refractivity contribution in [2.45, 2.75) is 13.1 Å². The number of morpholine rings is 1. The number of piperazine rings is 1. The fourth-order valence-corrected chi connectivity index (χ4v) is 6.61. The Morgan fingerprint density at radius 1 is 0.949 bits per heavy atom. The van der Waals surface area contributed by atoms with Gasteiger partial charge in [0, 0.05) is 73.8 Å². The first-order chi connectivity index (χ1) is 19.2. The molecule has 10 nitrogen and oxygen atoms in total. The summed E-state index contributed by atoms with van der Waals surface area (Å²) in [6.07, 6.45) is 3.42. The van der Waals surface area contributed by atoms with Crippen LogP contribution in [0.4, 0.5) is 5.82 Å². The summed E-state index contributed by atoms with van der Waals surface area (Å²) in [4.78, 5) is 18.6. The molecule has 0 aliphatic carbocycles. The number of nitrogens with zero attached hydrogens (tertiary/aromatic N) is 7. The van der Waals surface area contributed by atoms with Crippen LogP contribution in [0.15, 0.2) is 54.9 Å². The molecule has 0 atom stereocenters. The average molecular weight is 543 g/mol. The lowest BCUT2D eigenvalue weighted by Gasteiger charge is -2.33. The smallest absolute Gasteiger partial charge is 0.206 e. The van der Waals surface area contributed by atoms with E-state index in [0.717, 1.165) is 94.6 Å². The molecule has 0 saturated carbocycles. The van der Waals surface area contributed by atoms with Gasteiger partial charge in [-0.3, -0.25) is 14.9 Å². The van der Waals surface area contributed by atoms with Gasteiger partial charge in [-0.05, 0) is 18.2 Å². The van der Waals surface area contributed by atoms with E-state index in [9.17, 15) is 5.21 Å². The molecule has 39 heavy (non-hydrogen) atoms. The van der Waals surface area contributed by atoms with E-state index in [-0.39, 0.29) is 0 Å². The van der Waals surface area contributed by atoms with Crippen LogP contribution in [0.5, 0.6) is 0 Å². The minimum atomic E-state index is 0.686. The van der Waals surface area contributed by atoms with Gasteiger partial charge in [0.2, 0.25) is 5.69 Å². The fraction of sp³-hybridized carbons (Fsp3) is 0.357. The lowest BCUT2D eigenvalue weighted by molar-refractivity contribution is -0.615. The van der Waals surface area contributed by atoms with Gasteiger partial charge in [0.25, 0.3) is 0 Å². The van der Waals surface area contributed by atoms with Gasteiger partial charge >= 0.3 is 0 Å². The van der Waals surface area contributed by atoms with E-state index in [4.69, 9.17) is 14.7 Å². The predicted molar refractivity (Wildman–Crippen MR) is 151 cm³/mol. The van der Waals surface area contributed by atoms with Crippen molar-refractivity contribution >= 4 is 38.3 Å². The summed E-state index contributed by atoms with van der Waals surface area (Å²) < 4.78 is 7.74. The summed E-state index contributed by atoms with van der Waals surface area (Å²) in [7, 11) is 0. The van der Waals surface area contributed by atoms with Crippen molar-refractivity contribution in [3.63, 3.8) is 0 Å². The summed E-state index contributed by atoms with van der Waals surface area (Å²) >= 11 is 1.80. The van der Waals surface area contributed by atoms with E-state index >= 15 is 0 Å². The molecule has 7 rings (SSSR count). The predicted octanol–water partition coefficient (Wildman–Crippen LogP) is 3.02. The van der Waals surface area contributed by atoms with Crippen LogP contribution < -0.4 is 9.63 Å². The Balaban J connectivity index is 1.14. The zero-order valence-corrected chi connectivity index (χ0v) is 22.4. The lowest BCUT2D eigenvalue weighted by Crippen LogP contribution is -2.47. The maximum atomic E-state index is 12.0. The van der Waals surface area contributed by atoms with Gasteiger partial charge in [0.1, 0.15) is 0 Å². The second kappa shape index (κ2) is 10.5. The lowest BCUT2D eigenvalue weighted by atomic mass is 10.1. The molecule has 200 valence electrons. The number of anilines is 1. The molecule has 2 saturated heterocycles. The maximum Gasteiger partial charge on any atom is 0.206 e. The number of nitrogens with one attached hydrogen (secondary N) is 1. The Hall–Kier alpha value is -3.64. The molecular formula is C28H30N8O2S. The van der Waals surface area contributed by atoms with Crippen molar-refractivity contribution in [1.82, 2.24) is 30.0 Å². The highest BCUT2D eigenvalue weighted by Gasteiger charge is 2.23. The van der Waals surface area contributed by atoms with Gasteiger partial charge in [-0.25, -0.2) is 9.97 Å². The Morgan fingerprint density at radius 3 is 2.59 bits per heavy atom. The summed E-state index contributed by atoms with van der Waals surface area (Å²) in [5.74, 6) is 1.72. The number of fused-ring (bicyclic) bond motifs is 2. The van der Waals surface area contributed by atoms with E-state index in [0.29, 0.717) is 19.8 Å². The van der Waals surface area contributed by atoms with Crippen LogP contribution in [0.25, 0.3) is 32.5 Å². The molecule has 2 fully saturated rings. The average Bonchev–Trinajstić information content (AvgIpc) is 3.62. The van der Waals surface area contributed by atoms with Crippen molar-refractivity contribution in [3.8, 4) is 11.4 Å². The first-order valence-electron chi connectivity index (χ1n) is 13.4. The summed E-state index contributed by atoms with van der Waals surface area (Å²) in [5.41, 5.74) is 3.75. The monoisotopic (exact) mass is 542 g/mol. The molecule has 2 aliphatic rings. The van der Waals surface area contributed by atoms with Crippen LogP contribution in [-0.2, 0) is 17.8 Å². The minimum absolute atomic E-state index is 0.686. The van der Waals surface area contributed by atoms with Crippen molar-refractivity contribution in [3.05, 3.63) is 70.6 Å². The summed E-state index contributed by atoms with van der Waals surface area (Å²) in [6, 6.07) is 14.0. The van der Waals surface area contributed by atoms with Gasteiger partial charge in [0.05, 0.1) is 41.7 Å². The van der Waals surface area contributed by atoms with Gasteiger partial charge in [-0.2, -0.15) is 9.83 Å². The number of aromatic nitrogens is 5. The summed E-state index contributed by atoms with van der Waals surface area (Å²) in [5, 5.41) is 20.4. The third-order valence-corrected chi connectivity index (χ3v) is 8.68. The zero-order valence-electron chi connectivity index (χ0n) is 21.6.